The normalized spacial score (nSPS) is 12.1. The largest absolute Gasteiger partial charge is 0.449 e. The molecule has 0 fully saturated rings. The summed E-state index contributed by atoms with van der Waals surface area (Å²) < 4.78 is 35.2. The standard InChI is InChI=1S/C21H23F2N5O4/c1-13(2)10-17(21(31)25-18-6-7-27(26-18)8-9-29)28-19(30)11-14(12-24-28)32-20-15(22)4-3-5-16(20)23/h3-7,11-13,17,29H,8-10H2,1-2H3,(H,25,26,31)/t17-/m0/s1. The Labute approximate surface area is 182 Å². The van der Waals surface area contributed by atoms with Crippen molar-refractivity contribution in [1.29, 1.82) is 0 Å². The summed E-state index contributed by atoms with van der Waals surface area (Å²) in [5, 5.41) is 19.7. The highest BCUT2D eigenvalue weighted by Crippen LogP contribution is 2.26. The van der Waals surface area contributed by atoms with Gasteiger partial charge in [-0.1, -0.05) is 19.9 Å². The molecule has 1 aromatic carbocycles. The van der Waals surface area contributed by atoms with Crippen LogP contribution in [0.3, 0.4) is 0 Å². The molecule has 0 aliphatic rings. The molecular weight excluding hydrogens is 424 g/mol. The van der Waals surface area contributed by atoms with Gasteiger partial charge in [-0.2, -0.15) is 10.2 Å². The molecule has 1 atom stereocenters. The van der Waals surface area contributed by atoms with Gasteiger partial charge in [0.25, 0.3) is 11.5 Å². The van der Waals surface area contributed by atoms with E-state index in [1.165, 1.54) is 10.7 Å². The monoisotopic (exact) mass is 447 g/mol. The number of halogens is 2. The van der Waals surface area contributed by atoms with Crippen LogP contribution in [0.25, 0.3) is 0 Å². The lowest BCUT2D eigenvalue weighted by molar-refractivity contribution is -0.120. The number of aliphatic hydroxyl groups excluding tert-OH is 1. The van der Waals surface area contributed by atoms with E-state index in [1.54, 1.807) is 12.3 Å². The molecule has 2 heterocycles. The van der Waals surface area contributed by atoms with E-state index in [1.807, 2.05) is 13.8 Å². The van der Waals surface area contributed by atoms with Crippen molar-refractivity contribution >= 4 is 11.7 Å². The molecule has 9 nitrogen and oxygen atoms in total. The Morgan fingerprint density at radius 1 is 1.25 bits per heavy atom. The summed E-state index contributed by atoms with van der Waals surface area (Å²) in [5.41, 5.74) is -0.675. The van der Waals surface area contributed by atoms with Crippen LogP contribution in [0.15, 0.2) is 47.5 Å². The number of benzene rings is 1. The zero-order valence-electron chi connectivity index (χ0n) is 17.5. The summed E-state index contributed by atoms with van der Waals surface area (Å²) in [5.74, 6) is -2.85. The number of rotatable bonds is 9. The fraction of sp³-hybridized carbons (Fsp3) is 0.333. The van der Waals surface area contributed by atoms with E-state index in [4.69, 9.17) is 9.84 Å². The smallest absolute Gasteiger partial charge is 0.271 e. The molecular formula is C21H23F2N5O4. The molecule has 0 aliphatic heterocycles. The van der Waals surface area contributed by atoms with Crippen LogP contribution in [0.2, 0.25) is 0 Å². The van der Waals surface area contributed by atoms with Gasteiger partial charge in [0, 0.05) is 18.3 Å². The van der Waals surface area contributed by atoms with E-state index in [0.29, 0.717) is 6.42 Å². The van der Waals surface area contributed by atoms with Crippen LogP contribution in [0.5, 0.6) is 11.5 Å². The van der Waals surface area contributed by atoms with Gasteiger partial charge in [-0.05, 0) is 24.5 Å². The lowest BCUT2D eigenvalue weighted by Crippen LogP contribution is -2.35. The Morgan fingerprint density at radius 3 is 2.59 bits per heavy atom. The van der Waals surface area contributed by atoms with Crippen molar-refractivity contribution in [3.63, 3.8) is 0 Å². The van der Waals surface area contributed by atoms with Gasteiger partial charge in [0.05, 0.1) is 19.3 Å². The lowest BCUT2D eigenvalue weighted by Gasteiger charge is -2.19. The molecule has 170 valence electrons. The number of hydrogen-bond acceptors (Lipinski definition) is 6. The minimum Gasteiger partial charge on any atom is -0.449 e. The minimum atomic E-state index is -0.954. The first kappa shape index (κ1) is 23.1. The first-order chi connectivity index (χ1) is 15.3. The first-order valence-electron chi connectivity index (χ1n) is 9.94. The van der Waals surface area contributed by atoms with Gasteiger partial charge in [0.15, 0.2) is 29.0 Å². The van der Waals surface area contributed by atoms with Gasteiger partial charge in [0.2, 0.25) is 0 Å². The number of nitrogens with one attached hydrogen (secondary N) is 1. The Bertz CT molecular complexity index is 1120. The van der Waals surface area contributed by atoms with E-state index < -0.39 is 34.9 Å². The van der Waals surface area contributed by atoms with Gasteiger partial charge >= 0.3 is 0 Å². The number of carbonyl (C=O) groups excluding carboxylic acids is 1. The van der Waals surface area contributed by atoms with Gasteiger partial charge in [0.1, 0.15) is 6.04 Å². The van der Waals surface area contributed by atoms with Gasteiger partial charge in [-0.15, -0.1) is 0 Å². The first-order valence-corrected chi connectivity index (χ1v) is 9.94. The van der Waals surface area contributed by atoms with Gasteiger partial charge in [-0.25, -0.2) is 13.5 Å². The van der Waals surface area contributed by atoms with E-state index in [0.717, 1.165) is 29.1 Å². The van der Waals surface area contributed by atoms with Crippen LogP contribution in [0.1, 0.15) is 26.3 Å². The molecule has 0 spiro atoms. The Balaban J connectivity index is 1.83. The Kier molecular flexibility index (Phi) is 7.31. The summed E-state index contributed by atoms with van der Waals surface area (Å²) in [6, 6.07) is 4.86. The van der Waals surface area contributed by atoms with Crippen molar-refractivity contribution in [1.82, 2.24) is 19.6 Å². The number of aromatic nitrogens is 4. The number of para-hydroxylation sites is 1. The van der Waals surface area contributed by atoms with Crippen molar-refractivity contribution in [3.05, 3.63) is 64.7 Å². The summed E-state index contributed by atoms with van der Waals surface area (Å²) in [7, 11) is 0. The third-order valence-electron chi connectivity index (χ3n) is 4.45. The molecule has 0 aliphatic carbocycles. The number of aliphatic hydroxyl groups is 1. The van der Waals surface area contributed by atoms with Crippen molar-refractivity contribution < 1.29 is 23.4 Å². The Morgan fingerprint density at radius 2 is 1.97 bits per heavy atom. The van der Waals surface area contributed by atoms with Gasteiger partial charge in [-0.3, -0.25) is 14.3 Å². The number of hydrogen-bond donors (Lipinski definition) is 2. The highest BCUT2D eigenvalue weighted by Gasteiger charge is 2.25. The summed E-state index contributed by atoms with van der Waals surface area (Å²) in [6.07, 6.45) is 3.02. The number of carbonyl (C=O) groups is 1. The number of ether oxygens (including phenoxy) is 1. The van der Waals surface area contributed by atoms with Crippen LogP contribution >= 0.6 is 0 Å². The number of anilines is 1. The third-order valence-corrected chi connectivity index (χ3v) is 4.45. The van der Waals surface area contributed by atoms with Crippen LogP contribution < -0.4 is 15.6 Å². The predicted molar refractivity (Wildman–Crippen MR) is 111 cm³/mol. The second-order valence-electron chi connectivity index (χ2n) is 7.45. The molecule has 11 heteroatoms. The molecule has 0 unspecified atom stereocenters. The summed E-state index contributed by atoms with van der Waals surface area (Å²) in [6.45, 7) is 3.95. The minimum absolute atomic E-state index is 0.0508. The maximum Gasteiger partial charge on any atom is 0.271 e. The molecule has 2 N–H and O–H groups in total. The Hall–Kier alpha value is -3.60. The average molecular weight is 447 g/mol. The van der Waals surface area contributed by atoms with E-state index in [9.17, 15) is 18.4 Å². The van der Waals surface area contributed by atoms with Crippen LogP contribution in [-0.4, -0.2) is 37.2 Å². The van der Waals surface area contributed by atoms with Crippen molar-refractivity contribution in [2.45, 2.75) is 32.9 Å². The molecule has 2 aromatic heterocycles. The second kappa shape index (κ2) is 10.1. The van der Waals surface area contributed by atoms with Crippen molar-refractivity contribution in [2.75, 3.05) is 11.9 Å². The fourth-order valence-corrected chi connectivity index (χ4v) is 3.02. The number of nitrogens with zero attached hydrogens (tertiary/aromatic N) is 4. The topological polar surface area (TPSA) is 111 Å². The molecule has 0 saturated carbocycles. The highest BCUT2D eigenvalue weighted by atomic mass is 19.1. The third kappa shape index (κ3) is 5.55. The number of amides is 1. The SMILES string of the molecule is CC(C)C[C@@H](C(=O)Nc1ccn(CCO)n1)n1ncc(Oc2c(F)cccc2F)cc1=O. The van der Waals surface area contributed by atoms with Crippen LogP contribution in [0, 0.1) is 17.6 Å². The molecule has 1 amide bonds. The lowest BCUT2D eigenvalue weighted by atomic mass is 10.0. The zero-order valence-corrected chi connectivity index (χ0v) is 17.5. The van der Waals surface area contributed by atoms with Crippen LogP contribution in [0.4, 0.5) is 14.6 Å². The highest BCUT2D eigenvalue weighted by molar-refractivity contribution is 5.92. The fourth-order valence-electron chi connectivity index (χ4n) is 3.02. The molecule has 3 rings (SSSR count). The van der Waals surface area contributed by atoms with E-state index in [2.05, 4.69) is 15.5 Å². The quantitative estimate of drug-likeness (QED) is 0.522. The molecule has 3 aromatic rings. The molecule has 32 heavy (non-hydrogen) atoms. The van der Waals surface area contributed by atoms with E-state index in [-0.39, 0.29) is 30.6 Å². The van der Waals surface area contributed by atoms with Gasteiger partial charge < -0.3 is 15.2 Å². The molecule has 0 saturated heterocycles. The second-order valence-corrected chi connectivity index (χ2v) is 7.45. The molecule has 0 radical (unpaired) electrons. The molecule has 0 bridgehead atoms. The maximum atomic E-state index is 13.8. The summed E-state index contributed by atoms with van der Waals surface area (Å²) >= 11 is 0. The van der Waals surface area contributed by atoms with Crippen LogP contribution in [-0.2, 0) is 11.3 Å². The van der Waals surface area contributed by atoms with Crippen molar-refractivity contribution in [3.8, 4) is 11.5 Å². The maximum absolute atomic E-state index is 13.8. The summed E-state index contributed by atoms with van der Waals surface area (Å²) in [4.78, 5) is 25.6. The predicted octanol–water partition coefficient (Wildman–Crippen LogP) is 2.73. The van der Waals surface area contributed by atoms with Crippen molar-refractivity contribution in [2.24, 2.45) is 5.92 Å². The average Bonchev–Trinajstić information content (AvgIpc) is 3.16. The zero-order chi connectivity index (χ0) is 23.3. The van der Waals surface area contributed by atoms with E-state index >= 15 is 0 Å².